The summed E-state index contributed by atoms with van der Waals surface area (Å²) in [6, 6.07) is 15.8. The van der Waals surface area contributed by atoms with Gasteiger partial charge in [-0.15, -0.1) is 0 Å². The number of thiocarbonyl (C=S) groups is 1. The van der Waals surface area contributed by atoms with Crippen LogP contribution in [0.2, 0.25) is 5.02 Å². The molecule has 0 spiro atoms. The van der Waals surface area contributed by atoms with Gasteiger partial charge in [0.2, 0.25) is 0 Å². The van der Waals surface area contributed by atoms with E-state index in [9.17, 15) is 4.79 Å². The van der Waals surface area contributed by atoms with Crippen LogP contribution in [0.4, 0.5) is 5.69 Å². The maximum atomic E-state index is 12.0. The zero-order valence-electron chi connectivity index (χ0n) is 11.5. The number of nitrogens with two attached hydrogens (primary N) is 1. The van der Waals surface area contributed by atoms with E-state index in [1.165, 1.54) is 5.01 Å². The molecule has 2 aromatic carbocycles. The number of benzene rings is 2. The van der Waals surface area contributed by atoms with Gasteiger partial charge in [0.15, 0.2) is 11.7 Å². The van der Waals surface area contributed by atoms with E-state index < -0.39 is 5.91 Å². The molecule has 5 nitrogen and oxygen atoms in total. The maximum Gasteiger partial charge on any atom is 0.276 e. The minimum atomic E-state index is -0.392. The van der Waals surface area contributed by atoms with E-state index in [0.717, 1.165) is 0 Å². The monoisotopic (exact) mass is 335 g/mol. The highest BCUT2D eigenvalue weighted by Crippen LogP contribution is 2.17. The normalized spacial score (nSPS) is 9.86. The minimum Gasteiger partial charge on any atom is -0.484 e. The van der Waals surface area contributed by atoms with Crippen LogP contribution in [0, 0.1) is 0 Å². The van der Waals surface area contributed by atoms with Gasteiger partial charge < -0.3 is 10.5 Å². The summed E-state index contributed by atoms with van der Waals surface area (Å²) in [5, 5.41) is 1.88. The molecular formula is C15H14ClN3O2S. The summed E-state index contributed by atoms with van der Waals surface area (Å²) in [6.45, 7) is -0.188. The van der Waals surface area contributed by atoms with E-state index in [2.05, 4.69) is 5.43 Å². The van der Waals surface area contributed by atoms with Crippen LogP contribution < -0.4 is 20.9 Å². The lowest BCUT2D eigenvalue weighted by Crippen LogP contribution is -2.50. The molecule has 0 radical (unpaired) electrons. The molecule has 2 rings (SSSR count). The molecule has 0 fully saturated rings. The molecule has 0 aliphatic heterocycles. The topological polar surface area (TPSA) is 67.6 Å². The van der Waals surface area contributed by atoms with Crippen LogP contribution in [0.15, 0.2) is 54.6 Å². The molecule has 0 bridgehead atoms. The third kappa shape index (κ3) is 4.61. The zero-order chi connectivity index (χ0) is 15.9. The van der Waals surface area contributed by atoms with Gasteiger partial charge in [-0.1, -0.05) is 35.9 Å². The molecule has 2 aromatic rings. The Labute approximate surface area is 138 Å². The number of nitrogens with one attached hydrogen (secondary N) is 1. The second-order valence-corrected chi connectivity index (χ2v) is 5.14. The number of para-hydroxylation sites is 1. The van der Waals surface area contributed by atoms with Crippen molar-refractivity contribution in [3.8, 4) is 5.75 Å². The molecule has 0 aromatic heterocycles. The SMILES string of the molecule is NC(=S)N(NC(=O)COc1cccc(Cl)c1)c1ccccc1. The van der Waals surface area contributed by atoms with E-state index in [1.807, 2.05) is 18.2 Å². The predicted octanol–water partition coefficient (Wildman–Crippen LogP) is 2.50. The Balaban J connectivity index is 1.96. The molecule has 114 valence electrons. The third-order valence-corrected chi connectivity index (χ3v) is 3.05. The standard InChI is InChI=1S/C15H14ClN3O2S/c16-11-5-4-8-13(9-11)21-10-14(20)18-19(15(17)22)12-6-2-1-3-7-12/h1-9H,10H2,(H2,17,22)(H,18,20). The molecule has 22 heavy (non-hydrogen) atoms. The lowest BCUT2D eigenvalue weighted by molar-refractivity contribution is -0.123. The van der Waals surface area contributed by atoms with Crippen molar-refractivity contribution in [1.82, 2.24) is 5.43 Å². The van der Waals surface area contributed by atoms with Crippen LogP contribution >= 0.6 is 23.8 Å². The van der Waals surface area contributed by atoms with Gasteiger partial charge in [0.1, 0.15) is 5.75 Å². The molecule has 0 saturated heterocycles. The number of ether oxygens (including phenoxy) is 1. The Morgan fingerprint density at radius 1 is 1.23 bits per heavy atom. The van der Waals surface area contributed by atoms with E-state index >= 15 is 0 Å². The number of nitrogens with zero attached hydrogens (tertiary/aromatic N) is 1. The largest absolute Gasteiger partial charge is 0.484 e. The fraction of sp³-hybridized carbons (Fsp3) is 0.0667. The summed E-state index contributed by atoms with van der Waals surface area (Å²) in [5.74, 6) is 0.112. The number of amides is 1. The van der Waals surface area contributed by atoms with E-state index in [4.69, 9.17) is 34.3 Å². The maximum absolute atomic E-state index is 12.0. The van der Waals surface area contributed by atoms with Gasteiger partial charge >= 0.3 is 0 Å². The summed E-state index contributed by atoms with van der Waals surface area (Å²) < 4.78 is 5.36. The van der Waals surface area contributed by atoms with E-state index in [1.54, 1.807) is 36.4 Å². The predicted molar refractivity (Wildman–Crippen MR) is 90.8 cm³/mol. The van der Waals surface area contributed by atoms with Crippen molar-refractivity contribution in [1.29, 1.82) is 0 Å². The number of anilines is 1. The van der Waals surface area contributed by atoms with Crippen molar-refractivity contribution < 1.29 is 9.53 Å². The number of rotatable bonds is 4. The number of halogens is 1. The molecule has 1 amide bonds. The molecule has 3 N–H and O–H groups in total. The fourth-order valence-corrected chi connectivity index (χ4v) is 2.02. The zero-order valence-corrected chi connectivity index (χ0v) is 13.1. The number of carbonyl (C=O) groups is 1. The first-order valence-electron chi connectivity index (χ1n) is 6.39. The summed E-state index contributed by atoms with van der Waals surface area (Å²) >= 11 is 10.8. The lowest BCUT2D eigenvalue weighted by atomic mass is 10.3. The van der Waals surface area contributed by atoms with Crippen LogP contribution in [0.5, 0.6) is 5.75 Å². The first-order chi connectivity index (χ1) is 10.6. The van der Waals surface area contributed by atoms with Crippen molar-refractivity contribution in [3.05, 3.63) is 59.6 Å². The van der Waals surface area contributed by atoms with Gasteiger partial charge in [-0.2, -0.15) is 0 Å². The van der Waals surface area contributed by atoms with Crippen LogP contribution in [0.25, 0.3) is 0 Å². The van der Waals surface area contributed by atoms with Crippen LogP contribution in [-0.2, 0) is 4.79 Å². The molecule has 0 aliphatic carbocycles. The summed E-state index contributed by atoms with van der Waals surface area (Å²) in [7, 11) is 0. The highest BCUT2D eigenvalue weighted by atomic mass is 35.5. The smallest absolute Gasteiger partial charge is 0.276 e. The second kappa shape index (κ2) is 7.63. The minimum absolute atomic E-state index is 0.0299. The van der Waals surface area contributed by atoms with Gasteiger partial charge in [0, 0.05) is 5.02 Å². The van der Waals surface area contributed by atoms with E-state index in [0.29, 0.717) is 16.5 Å². The van der Waals surface area contributed by atoms with Gasteiger partial charge in [0.05, 0.1) is 5.69 Å². The average molecular weight is 336 g/mol. The average Bonchev–Trinajstić information content (AvgIpc) is 2.51. The molecule has 0 aliphatic rings. The van der Waals surface area contributed by atoms with Gasteiger partial charge in [-0.05, 0) is 42.5 Å². The van der Waals surface area contributed by atoms with Crippen molar-refractivity contribution in [2.75, 3.05) is 11.6 Å². The Morgan fingerprint density at radius 2 is 1.95 bits per heavy atom. The quantitative estimate of drug-likeness (QED) is 0.663. The van der Waals surface area contributed by atoms with Crippen molar-refractivity contribution in [2.24, 2.45) is 5.73 Å². The summed E-state index contributed by atoms with van der Waals surface area (Å²) in [5.41, 5.74) is 8.87. The first-order valence-corrected chi connectivity index (χ1v) is 7.17. The highest BCUT2D eigenvalue weighted by molar-refractivity contribution is 7.80. The Kier molecular flexibility index (Phi) is 5.57. The number of hydrazine groups is 1. The summed E-state index contributed by atoms with van der Waals surface area (Å²) in [4.78, 5) is 12.0. The number of hydrogen-bond donors (Lipinski definition) is 2. The fourth-order valence-electron chi connectivity index (χ4n) is 1.69. The number of carbonyl (C=O) groups excluding carboxylic acids is 1. The molecule has 0 saturated carbocycles. The van der Waals surface area contributed by atoms with Crippen LogP contribution in [0.3, 0.4) is 0 Å². The van der Waals surface area contributed by atoms with E-state index in [-0.39, 0.29) is 11.7 Å². The third-order valence-electron chi connectivity index (χ3n) is 2.64. The molecule has 0 unspecified atom stereocenters. The van der Waals surface area contributed by atoms with Crippen molar-refractivity contribution >= 4 is 40.5 Å². The van der Waals surface area contributed by atoms with Crippen LogP contribution in [-0.4, -0.2) is 17.6 Å². The molecule has 0 heterocycles. The first kappa shape index (κ1) is 16.1. The Morgan fingerprint density at radius 3 is 2.59 bits per heavy atom. The summed E-state index contributed by atoms with van der Waals surface area (Å²) in [6.07, 6.45) is 0. The lowest BCUT2D eigenvalue weighted by Gasteiger charge is -2.23. The van der Waals surface area contributed by atoms with Gasteiger partial charge in [-0.3, -0.25) is 10.2 Å². The van der Waals surface area contributed by atoms with Crippen LogP contribution in [0.1, 0.15) is 0 Å². The second-order valence-electron chi connectivity index (χ2n) is 4.29. The molecule has 0 atom stereocenters. The van der Waals surface area contributed by atoms with Gasteiger partial charge in [-0.25, -0.2) is 5.01 Å². The molecular weight excluding hydrogens is 322 g/mol. The van der Waals surface area contributed by atoms with Gasteiger partial charge in [0.25, 0.3) is 5.91 Å². The van der Waals surface area contributed by atoms with Crippen molar-refractivity contribution in [2.45, 2.75) is 0 Å². The van der Waals surface area contributed by atoms with Crippen molar-refractivity contribution in [3.63, 3.8) is 0 Å². The Hall–Kier alpha value is -2.31. The molecule has 7 heteroatoms. The highest BCUT2D eigenvalue weighted by Gasteiger charge is 2.13. The number of hydrogen-bond acceptors (Lipinski definition) is 3. The Bertz CT molecular complexity index is 667.